The summed E-state index contributed by atoms with van der Waals surface area (Å²) in [6.45, 7) is 0.321. The Kier molecular flexibility index (Phi) is 2.81. The maximum Gasteiger partial charge on any atom is 0.269 e. The van der Waals surface area contributed by atoms with Crippen molar-refractivity contribution in [1.82, 2.24) is 5.16 Å². The van der Waals surface area contributed by atoms with Gasteiger partial charge in [-0.05, 0) is 12.1 Å². The highest BCUT2D eigenvalue weighted by atomic mass is 16.6. The van der Waals surface area contributed by atoms with E-state index in [2.05, 4.69) is 9.68 Å². The molecule has 0 aliphatic carbocycles. The topological polar surface area (TPSA) is 78.4 Å². The first-order valence-electron chi connectivity index (χ1n) is 4.51. The maximum atomic E-state index is 10.4. The van der Waals surface area contributed by atoms with Crippen LogP contribution in [0.1, 0.15) is 5.56 Å². The average molecular weight is 220 g/mol. The lowest BCUT2D eigenvalue weighted by molar-refractivity contribution is -0.384. The number of hydrogen-bond acceptors (Lipinski definition) is 5. The number of nitro benzene ring substituents is 1. The van der Waals surface area contributed by atoms with Crippen LogP contribution in [0.3, 0.4) is 0 Å². The summed E-state index contributed by atoms with van der Waals surface area (Å²) in [6, 6.07) is 5.88. The lowest BCUT2D eigenvalue weighted by atomic mass is 10.3. The Hall–Kier alpha value is -2.37. The Morgan fingerprint density at radius 1 is 1.38 bits per heavy atom. The Bertz CT molecular complexity index is 464. The van der Waals surface area contributed by atoms with E-state index in [1.807, 2.05) is 0 Å². The molecule has 1 aromatic carbocycles. The zero-order valence-electron chi connectivity index (χ0n) is 8.20. The molecule has 6 heteroatoms. The predicted molar refractivity (Wildman–Crippen MR) is 53.9 cm³/mol. The second-order valence-corrected chi connectivity index (χ2v) is 3.07. The van der Waals surface area contributed by atoms with Gasteiger partial charge in [0.1, 0.15) is 18.6 Å². The van der Waals surface area contributed by atoms with Gasteiger partial charge in [-0.25, -0.2) is 0 Å². The summed E-state index contributed by atoms with van der Waals surface area (Å²) in [6.07, 6.45) is 3.02. The molecule has 0 amide bonds. The normalized spacial score (nSPS) is 10.0. The molecule has 1 aromatic heterocycles. The third kappa shape index (κ3) is 2.35. The van der Waals surface area contributed by atoms with Crippen LogP contribution in [0, 0.1) is 10.1 Å². The molecular formula is C10H8N2O4. The van der Waals surface area contributed by atoms with E-state index < -0.39 is 4.92 Å². The quantitative estimate of drug-likeness (QED) is 0.582. The molecule has 0 saturated carbocycles. The fourth-order valence-electron chi connectivity index (χ4n) is 1.13. The molecule has 0 fully saturated rings. The van der Waals surface area contributed by atoms with Gasteiger partial charge in [0.2, 0.25) is 0 Å². The van der Waals surface area contributed by atoms with Crippen molar-refractivity contribution in [2.45, 2.75) is 6.61 Å². The van der Waals surface area contributed by atoms with Gasteiger partial charge in [0, 0.05) is 17.7 Å². The van der Waals surface area contributed by atoms with Gasteiger partial charge in [-0.2, -0.15) is 0 Å². The highest BCUT2D eigenvalue weighted by Crippen LogP contribution is 2.18. The number of ether oxygens (including phenoxy) is 1. The van der Waals surface area contributed by atoms with E-state index in [1.165, 1.54) is 18.4 Å². The third-order valence-corrected chi connectivity index (χ3v) is 1.94. The van der Waals surface area contributed by atoms with Gasteiger partial charge in [-0.15, -0.1) is 0 Å². The van der Waals surface area contributed by atoms with Crippen molar-refractivity contribution in [3.05, 3.63) is 52.4 Å². The molecule has 82 valence electrons. The van der Waals surface area contributed by atoms with E-state index in [0.29, 0.717) is 12.4 Å². The number of non-ortho nitro benzene ring substituents is 1. The fraction of sp³-hybridized carbons (Fsp3) is 0.100. The molecule has 0 unspecified atom stereocenters. The molecule has 1 heterocycles. The number of hydrogen-bond donors (Lipinski definition) is 0. The van der Waals surface area contributed by atoms with Crippen LogP contribution in [0.4, 0.5) is 5.69 Å². The van der Waals surface area contributed by atoms with E-state index in [4.69, 9.17) is 4.74 Å². The summed E-state index contributed by atoms with van der Waals surface area (Å²) in [7, 11) is 0. The average Bonchev–Trinajstić information content (AvgIpc) is 2.80. The first-order valence-corrected chi connectivity index (χ1v) is 4.51. The van der Waals surface area contributed by atoms with Gasteiger partial charge in [-0.3, -0.25) is 10.1 Å². The van der Waals surface area contributed by atoms with Crippen molar-refractivity contribution in [1.29, 1.82) is 0 Å². The highest BCUT2D eigenvalue weighted by Gasteiger charge is 2.04. The number of benzene rings is 1. The van der Waals surface area contributed by atoms with Crippen LogP contribution in [0.5, 0.6) is 5.75 Å². The van der Waals surface area contributed by atoms with Crippen LogP contribution in [0.15, 0.2) is 41.2 Å². The molecule has 0 saturated heterocycles. The van der Waals surface area contributed by atoms with Crippen LogP contribution < -0.4 is 4.74 Å². The predicted octanol–water partition coefficient (Wildman–Crippen LogP) is 2.16. The molecule has 0 atom stereocenters. The van der Waals surface area contributed by atoms with Gasteiger partial charge in [0.25, 0.3) is 5.69 Å². The molecule has 6 nitrogen and oxygen atoms in total. The molecule has 0 aliphatic heterocycles. The van der Waals surface area contributed by atoms with Gasteiger partial charge < -0.3 is 9.26 Å². The Morgan fingerprint density at radius 2 is 2.12 bits per heavy atom. The lowest BCUT2D eigenvalue weighted by Gasteiger charge is -2.02. The molecule has 0 N–H and O–H groups in total. The molecule has 0 bridgehead atoms. The van der Waals surface area contributed by atoms with Crippen LogP contribution >= 0.6 is 0 Å². The highest BCUT2D eigenvalue weighted by molar-refractivity contribution is 5.36. The SMILES string of the molecule is O=[N+]([O-])c1ccc(OCc2cnoc2)cc1. The van der Waals surface area contributed by atoms with Crippen LogP contribution in [-0.2, 0) is 6.61 Å². The van der Waals surface area contributed by atoms with Gasteiger partial charge in [0.15, 0.2) is 0 Å². The zero-order chi connectivity index (χ0) is 11.4. The fourth-order valence-corrected chi connectivity index (χ4v) is 1.13. The zero-order valence-corrected chi connectivity index (χ0v) is 8.20. The van der Waals surface area contributed by atoms with Crippen LogP contribution in [0.2, 0.25) is 0 Å². The van der Waals surface area contributed by atoms with Crippen molar-refractivity contribution < 1.29 is 14.2 Å². The van der Waals surface area contributed by atoms with Gasteiger partial charge >= 0.3 is 0 Å². The van der Waals surface area contributed by atoms with Gasteiger partial charge in [-0.1, -0.05) is 5.16 Å². The summed E-state index contributed by atoms with van der Waals surface area (Å²) in [5.41, 5.74) is 0.843. The summed E-state index contributed by atoms with van der Waals surface area (Å²) in [5.74, 6) is 0.562. The molecule has 0 aliphatic rings. The Labute approximate surface area is 90.6 Å². The van der Waals surface area contributed by atoms with Crippen molar-refractivity contribution in [3.8, 4) is 5.75 Å². The van der Waals surface area contributed by atoms with Crippen LogP contribution in [-0.4, -0.2) is 10.1 Å². The van der Waals surface area contributed by atoms with Gasteiger partial charge in [0.05, 0.1) is 11.1 Å². The summed E-state index contributed by atoms with van der Waals surface area (Å²) in [4.78, 5) is 9.95. The smallest absolute Gasteiger partial charge is 0.269 e. The minimum atomic E-state index is -0.455. The second kappa shape index (κ2) is 4.43. The Balaban J connectivity index is 1.98. The third-order valence-electron chi connectivity index (χ3n) is 1.94. The standard InChI is InChI=1S/C10H8N2O4/c13-12(14)9-1-3-10(4-2-9)15-6-8-5-11-16-7-8/h1-5,7H,6H2. The van der Waals surface area contributed by atoms with E-state index >= 15 is 0 Å². The van der Waals surface area contributed by atoms with E-state index in [-0.39, 0.29) is 5.69 Å². The lowest BCUT2D eigenvalue weighted by Crippen LogP contribution is -1.94. The maximum absolute atomic E-state index is 10.4. The second-order valence-electron chi connectivity index (χ2n) is 3.07. The van der Waals surface area contributed by atoms with Crippen molar-refractivity contribution in [2.24, 2.45) is 0 Å². The van der Waals surface area contributed by atoms with E-state index in [0.717, 1.165) is 5.56 Å². The minimum absolute atomic E-state index is 0.0392. The molecule has 2 rings (SSSR count). The summed E-state index contributed by atoms with van der Waals surface area (Å²) < 4.78 is 10.00. The van der Waals surface area contributed by atoms with E-state index in [9.17, 15) is 10.1 Å². The minimum Gasteiger partial charge on any atom is -0.489 e. The van der Waals surface area contributed by atoms with Crippen molar-refractivity contribution in [2.75, 3.05) is 0 Å². The number of nitro groups is 1. The summed E-state index contributed by atoms with van der Waals surface area (Å²) in [5, 5.41) is 13.9. The summed E-state index contributed by atoms with van der Waals surface area (Å²) >= 11 is 0. The van der Waals surface area contributed by atoms with E-state index in [1.54, 1.807) is 18.3 Å². The first kappa shape index (κ1) is 10.2. The molecule has 2 aromatic rings. The molecule has 16 heavy (non-hydrogen) atoms. The van der Waals surface area contributed by atoms with Crippen LogP contribution in [0.25, 0.3) is 0 Å². The molecule has 0 spiro atoms. The monoisotopic (exact) mass is 220 g/mol. The number of aromatic nitrogens is 1. The number of rotatable bonds is 4. The first-order chi connectivity index (χ1) is 7.75. The molecule has 0 radical (unpaired) electrons. The van der Waals surface area contributed by atoms with Crippen molar-refractivity contribution in [3.63, 3.8) is 0 Å². The molecular weight excluding hydrogens is 212 g/mol. The number of nitrogens with zero attached hydrogens (tertiary/aromatic N) is 2. The largest absolute Gasteiger partial charge is 0.489 e. The van der Waals surface area contributed by atoms with Crippen molar-refractivity contribution >= 4 is 5.69 Å². The Morgan fingerprint density at radius 3 is 2.69 bits per heavy atom.